The maximum absolute atomic E-state index is 12.3. The molecular weight excluding hydrogens is 320 g/mol. The van der Waals surface area contributed by atoms with E-state index in [0.717, 1.165) is 23.9 Å². The van der Waals surface area contributed by atoms with Crippen molar-refractivity contribution in [3.8, 4) is 0 Å². The van der Waals surface area contributed by atoms with E-state index < -0.39 is 0 Å². The molecule has 1 amide bonds. The third kappa shape index (κ3) is 3.93. The first-order valence-corrected chi connectivity index (χ1v) is 9.36. The van der Waals surface area contributed by atoms with Gasteiger partial charge in [0.25, 0.3) is 5.91 Å². The lowest BCUT2D eigenvalue weighted by Gasteiger charge is -2.35. The third-order valence-electron chi connectivity index (χ3n) is 4.35. The molecule has 5 nitrogen and oxygen atoms in total. The van der Waals surface area contributed by atoms with E-state index in [0.29, 0.717) is 24.1 Å². The number of amides is 1. The van der Waals surface area contributed by atoms with Crippen LogP contribution in [0.1, 0.15) is 55.2 Å². The Morgan fingerprint density at radius 1 is 1.33 bits per heavy atom. The van der Waals surface area contributed by atoms with Crippen LogP contribution in [0, 0.1) is 0 Å². The Labute approximate surface area is 147 Å². The lowest BCUT2D eigenvalue weighted by molar-refractivity contribution is 0.0949. The van der Waals surface area contributed by atoms with Crippen LogP contribution >= 0.6 is 11.5 Å². The van der Waals surface area contributed by atoms with Crippen molar-refractivity contribution in [2.24, 2.45) is 0 Å². The van der Waals surface area contributed by atoms with Crippen molar-refractivity contribution in [2.45, 2.75) is 45.1 Å². The van der Waals surface area contributed by atoms with Crippen molar-refractivity contribution in [3.05, 3.63) is 41.7 Å². The zero-order valence-electron chi connectivity index (χ0n) is 14.2. The molecule has 1 unspecified atom stereocenters. The number of hydrogen-bond acceptors (Lipinski definition) is 5. The van der Waals surface area contributed by atoms with E-state index in [1.165, 1.54) is 24.4 Å². The standard InChI is InChI=1S/C18H24N4OS/c1-13(2)16-20-18(24-21-16)22-11-7-6-10-15(22)12-19-17(23)14-8-4-3-5-9-14/h3-5,8-9,13,15H,6-7,10-12H2,1-2H3,(H,19,23). The van der Waals surface area contributed by atoms with Gasteiger partial charge in [-0.05, 0) is 31.4 Å². The normalized spacial score (nSPS) is 18.0. The Hall–Kier alpha value is -1.95. The van der Waals surface area contributed by atoms with Gasteiger partial charge in [0.05, 0.1) is 0 Å². The minimum Gasteiger partial charge on any atom is -0.350 e. The van der Waals surface area contributed by atoms with Gasteiger partial charge in [0.2, 0.25) is 5.13 Å². The second kappa shape index (κ2) is 7.75. The van der Waals surface area contributed by atoms with E-state index in [4.69, 9.17) is 0 Å². The van der Waals surface area contributed by atoms with E-state index >= 15 is 0 Å². The molecule has 128 valence electrons. The molecule has 0 bridgehead atoms. The lowest BCUT2D eigenvalue weighted by Crippen LogP contribution is -2.46. The second-order valence-corrected chi connectivity index (χ2v) is 7.24. The molecule has 2 heterocycles. The number of anilines is 1. The van der Waals surface area contributed by atoms with Crippen molar-refractivity contribution in [1.29, 1.82) is 0 Å². The minimum absolute atomic E-state index is 0.0127. The Balaban J connectivity index is 1.65. The van der Waals surface area contributed by atoms with Gasteiger partial charge < -0.3 is 10.2 Å². The van der Waals surface area contributed by atoms with E-state index in [1.807, 2.05) is 30.3 Å². The fraction of sp³-hybridized carbons (Fsp3) is 0.500. The molecule has 1 atom stereocenters. The Bertz CT molecular complexity index is 671. The van der Waals surface area contributed by atoms with Gasteiger partial charge in [0.15, 0.2) is 0 Å². The first-order valence-electron chi connectivity index (χ1n) is 8.58. The molecule has 0 aliphatic carbocycles. The molecule has 0 spiro atoms. The fourth-order valence-corrected chi connectivity index (χ4v) is 3.85. The molecule has 1 aliphatic rings. The number of benzene rings is 1. The van der Waals surface area contributed by atoms with Crippen molar-refractivity contribution in [3.63, 3.8) is 0 Å². The van der Waals surface area contributed by atoms with Crippen LogP contribution in [0.2, 0.25) is 0 Å². The molecule has 1 aromatic carbocycles. The number of piperidine rings is 1. The number of hydrogen-bond donors (Lipinski definition) is 1. The molecule has 3 rings (SSSR count). The summed E-state index contributed by atoms with van der Waals surface area (Å²) in [6.45, 7) is 5.85. The summed E-state index contributed by atoms with van der Waals surface area (Å²) in [6, 6.07) is 9.66. The summed E-state index contributed by atoms with van der Waals surface area (Å²) in [5.74, 6) is 1.24. The molecule has 24 heavy (non-hydrogen) atoms. The molecule has 1 saturated heterocycles. The average Bonchev–Trinajstić information content (AvgIpc) is 3.11. The number of carbonyl (C=O) groups excluding carboxylic acids is 1. The SMILES string of the molecule is CC(C)c1nsc(N2CCCCC2CNC(=O)c2ccccc2)n1. The Morgan fingerprint density at radius 3 is 2.83 bits per heavy atom. The van der Waals surface area contributed by atoms with Crippen LogP contribution in [0.4, 0.5) is 5.13 Å². The monoisotopic (exact) mass is 344 g/mol. The molecule has 0 saturated carbocycles. The molecule has 2 aromatic rings. The highest BCUT2D eigenvalue weighted by molar-refractivity contribution is 7.09. The van der Waals surface area contributed by atoms with Crippen molar-refractivity contribution < 1.29 is 4.79 Å². The summed E-state index contributed by atoms with van der Waals surface area (Å²) in [5.41, 5.74) is 0.706. The quantitative estimate of drug-likeness (QED) is 0.902. The van der Waals surface area contributed by atoms with Gasteiger partial charge >= 0.3 is 0 Å². The van der Waals surface area contributed by atoms with Crippen molar-refractivity contribution in [1.82, 2.24) is 14.7 Å². The zero-order chi connectivity index (χ0) is 16.9. The zero-order valence-corrected chi connectivity index (χ0v) is 15.1. The topological polar surface area (TPSA) is 58.1 Å². The molecule has 1 aliphatic heterocycles. The summed E-state index contributed by atoms with van der Waals surface area (Å²) in [5, 5.41) is 4.06. The Kier molecular flexibility index (Phi) is 5.45. The first-order chi connectivity index (χ1) is 11.6. The third-order valence-corrected chi connectivity index (χ3v) is 5.12. The van der Waals surface area contributed by atoms with E-state index in [2.05, 4.69) is 33.4 Å². The lowest BCUT2D eigenvalue weighted by atomic mass is 10.0. The van der Waals surface area contributed by atoms with Gasteiger partial charge in [-0.15, -0.1) is 0 Å². The highest BCUT2D eigenvalue weighted by Crippen LogP contribution is 2.27. The van der Waals surface area contributed by atoms with E-state index in [9.17, 15) is 4.79 Å². The number of aromatic nitrogens is 2. The van der Waals surface area contributed by atoms with Crippen LogP contribution < -0.4 is 10.2 Å². The van der Waals surface area contributed by atoms with Crippen LogP contribution in [-0.4, -0.2) is 34.4 Å². The maximum atomic E-state index is 12.3. The van der Waals surface area contributed by atoms with Crippen molar-refractivity contribution >= 4 is 22.6 Å². The number of nitrogens with zero attached hydrogens (tertiary/aromatic N) is 3. The predicted molar refractivity (Wildman–Crippen MR) is 97.8 cm³/mol. The van der Waals surface area contributed by atoms with Gasteiger partial charge in [0, 0.05) is 42.1 Å². The molecule has 6 heteroatoms. The summed E-state index contributed by atoms with van der Waals surface area (Å²) < 4.78 is 4.47. The minimum atomic E-state index is -0.0127. The molecule has 1 aromatic heterocycles. The first kappa shape index (κ1) is 16.9. The van der Waals surface area contributed by atoms with Gasteiger partial charge in [-0.1, -0.05) is 32.0 Å². The molecule has 1 fully saturated rings. The summed E-state index contributed by atoms with van der Waals surface area (Å²) in [7, 11) is 0. The highest BCUT2D eigenvalue weighted by atomic mass is 32.1. The number of nitrogens with one attached hydrogen (secondary N) is 1. The van der Waals surface area contributed by atoms with Gasteiger partial charge in [0.1, 0.15) is 5.82 Å². The average molecular weight is 344 g/mol. The highest BCUT2D eigenvalue weighted by Gasteiger charge is 2.26. The van der Waals surface area contributed by atoms with Crippen LogP contribution in [0.5, 0.6) is 0 Å². The Morgan fingerprint density at radius 2 is 2.12 bits per heavy atom. The van der Waals surface area contributed by atoms with Crippen LogP contribution in [0.15, 0.2) is 30.3 Å². The maximum Gasteiger partial charge on any atom is 0.251 e. The number of rotatable bonds is 5. The van der Waals surface area contributed by atoms with Crippen LogP contribution in [0.3, 0.4) is 0 Å². The smallest absolute Gasteiger partial charge is 0.251 e. The summed E-state index contributed by atoms with van der Waals surface area (Å²) >= 11 is 1.47. The van der Waals surface area contributed by atoms with Gasteiger partial charge in [-0.2, -0.15) is 4.37 Å². The van der Waals surface area contributed by atoms with Crippen LogP contribution in [0.25, 0.3) is 0 Å². The fourth-order valence-electron chi connectivity index (χ4n) is 2.94. The number of carbonyl (C=O) groups is 1. The summed E-state index contributed by atoms with van der Waals surface area (Å²) in [6.07, 6.45) is 3.43. The predicted octanol–water partition coefficient (Wildman–Crippen LogP) is 3.45. The summed E-state index contributed by atoms with van der Waals surface area (Å²) in [4.78, 5) is 19.3. The van der Waals surface area contributed by atoms with E-state index in [-0.39, 0.29) is 5.91 Å². The van der Waals surface area contributed by atoms with Crippen LogP contribution in [-0.2, 0) is 0 Å². The second-order valence-electron chi connectivity index (χ2n) is 6.51. The molecular formula is C18H24N4OS. The molecule has 0 radical (unpaired) electrons. The largest absolute Gasteiger partial charge is 0.350 e. The van der Waals surface area contributed by atoms with Crippen molar-refractivity contribution in [2.75, 3.05) is 18.0 Å². The van der Waals surface area contributed by atoms with E-state index in [1.54, 1.807) is 0 Å². The van der Waals surface area contributed by atoms with Gasteiger partial charge in [-0.3, -0.25) is 4.79 Å². The molecule has 1 N–H and O–H groups in total. The van der Waals surface area contributed by atoms with Gasteiger partial charge in [-0.25, -0.2) is 4.98 Å².